The molecule has 2 atom stereocenters. The maximum atomic E-state index is 11.7. The molecule has 0 bridgehead atoms. The topological polar surface area (TPSA) is 110 Å². The first-order valence-electron chi connectivity index (χ1n) is 11.5. The van der Waals surface area contributed by atoms with E-state index < -0.39 is 27.6 Å². The second-order valence-corrected chi connectivity index (χ2v) is 9.94. The first kappa shape index (κ1) is 29.3. The molecule has 2 unspecified atom stereocenters. The summed E-state index contributed by atoms with van der Waals surface area (Å²) in [5, 5.41) is 20.0. The molecule has 0 saturated carbocycles. The number of hydrogen-bond donors (Lipinski definition) is 2. The highest BCUT2D eigenvalue weighted by Crippen LogP contribution is 2.39. The van der Waals surface area contributed by atoms with Crippen molar-refractivity contribution in [2.24, 2.45) is 5.41 Å². The van der Waals surface area contributed by atoms with E-state index in [0.717, 1.165) is 33.3 Å². The van der Waals surface area contributed by atoms with E-state index in [4.69, 9.17) is 0 Å². The van der Waals surface area contributed by atoms with Gasteiger partial charge in [0.05, 0.1) is 7.11 Å². The lowest BCUT2D eigenvalue weighted by Crippen LogP contribution is -2.52. The Bertz CT molecular complexity index is 560. The average Bonchev–Trinajstić information content (AvgIpc) is 2.67. The van der Waals surface area contributed by atoms with Gasteiger partial charge in [-0.3, -0.25) is 8.98 Å². The van der Waals surface area contributed by atoms with E-state index in [2.05, 4.69) is 15.3 Å². The summed E-state index contributed by atoms with van der Waals surface area (Å²) >= 11 is 0. The normalized spacial score (nSPS) is 16.2. The maximum absolute atomic E-state index is 11.7. The fourth-order valence-electron chi connectivity index (χ4n) is 3.54. The van der Waals surface area contributed by atoms with E-state index in [0.29, 0.717) is 6.42 Å². The minimum absolute atomic E-state index is 0.104. The molecule has 8 heteroatoms. The molecule has 2 N–H and O–H groups in total. The van der Waals surface area contributed by atoms with E-state index in [1.165, 1.54) is 71.1 Å². The summed E-state index contributed by atoms with van der Waals surface area (Å²) in [7, 11) is -3.58. The Hall–Kier alpha value is -0.700. The Morgan fingerprint density at radius 2 is 1.17 bits per heavy atom. The van der Waals surface area contributed by atoms with Crippen molar-refractivity contribution in [1.29, 1.82) is 0 Å². The Morgan fingerprint density at radius 3 is 1.50 bits per heavy atom. The van der Waals surface area contributed by atoms with Crippen LogP contribution >= 0.6 is 0 Å². The van der Waals surface area contributed by atoms with Gasteiger partial charge in [0.15, 0.2) is 5.79 Å². The van der Waals surface area contributed by atoms with Crippen molar-refractivity contribution in [1.82, 2.24) is 0 Å². The van der Waals surface area contributed by atoms with Gasteiger partial charge in [-0.15, -0.1) is 0 Å². The van der Waals surface area contributed by atoms with Gasteiger partial charge in [-0.25, -0.2) is 4.18 Å². The van der Waals surface area contributed by atoms with E-state index in [1.807, 2.05) is 0 Å². The summed E-state index contributed by atoms with van der Waals surface area (Å²) in [5.74, 6) is -3.72. The minimum Gasteiger partial charge on any atom is -0.481 e. The molecule has 0 aliphatic rings. The van der Waals surface area contributed by atoms with E-state index in [9.17, 15) is 23.4 Å². The highest BCUT2D eigenvalue weighted by Gasteiger charge is 2.53. The van der Waals surface area contributed by atoms with Crippen LogP contribution in [-0.4, -0.2) is 37.5 Å². The molecule has 0 spiro atoms. The van der Waals surface area contributed by atoms with Gasteiger partial charge in [0.25, 0.3) is 0 Å². The molecule has 0 aromatic carbocycles. The van der Waals surface area contributed by atoms with Crippen molar-refractivity contribution >= 4 is 16.4 Å². The zero-order valence-electron chi connectivity index (χ0n) is 19.5. The van der Waals surface area contributed by atoms with Gasteiger partial charge in [-0.1, -0.05) is 96.8 Å². The molecular weight excluding hydrogens is 408 g/mol. The van der Waals surface area contributed by atoms with Crippen molar-refractivity contribution in [3.8, 4) is 0 Å². The predicted molar refractivity (Wildman–Crippen MR) is 118 cm³/mol. The molecule has 0 aliphatic heterocycles. The van der Waals surface area contributed by atoms with Gasteiger partial charge < -0.3 is 10.2 Å². The number of rotatable bonds is 20. The Balaban J connectivity index is 4.04. The lowest BCUT2D eigenvalue weighted by Gasteiger charge is -2.37. The molecule has 0 aromatic heterocycles. The standard InChI is InChI=1S/C22H44O7S/c1-5-6-7-8-9-10-11-12-13-14-15-16-17-18-19-21(2,20(23)24)22(3,25)29-30(26,27)28-4/h25H,5-19H2,1-4H3,(H,23,24). The lowest BCUT2D eigenvalue weighted by atomic mass is 9.77. The monoisotopic (exact) mass is 452 g/mol. The van der Waals surface area contributed by atoms with E-state index in [1.54, 1.807) is 0 Å². The van der Waals surface area contributed by atoms with E-state index in [-0.39, 0.29) is 6.42 Å². The fourth-order valence-corrected chi connectivity index (χ4v) is 4.18. The molecule has 30 heavy (non-hydrogen) atoms. The summed E-state index contributed by atoms with van der Waals surface area (Å²) in [6.45, 7) is 4.57. The number of unbranched alkanes of at least 4 members (excludes halogenated alkanes) is 13. The van der Waals surface area contributed by atoms with Crippen molar-refractivity contribution < 1.29 is 31.8 Å². The molecule has 180 valence electrons. The number of carboxylic acids is 1. The zero-order chi connectivity index (χ0) is 23.1. The van der Waals surface area contributed by atoms with Crippen LogP contribution in [0.2, 0.25) is 0 Å². The van der Waals surface area contributed by atoms with Crippen molar-refractivity contribution in [3.05, 3.63) is 0 Å². The van der Waals surface area contributed by atoms with Gasteiger partial charge in [-0.05, 0) is 20.3 Å². The molecule has 0 amide bonds. The zero-order valence-corrected chi connectivity index (χ0v) is 20.3. The lowest BCUT2D eigenvalue weighted by molar-refractivity contribution is -0.219. The van der Waals surface area contributed by atoms with Crippen LogP contribution in [0.1, 0.15) is 117 Å². The molecule has 0 fully saturated rings. The van der Waals surface area contributed by atoms with Gasteiger partial charge in [0.2, 0.25) is 0 Å². The highest BCUT2D eigenvalue weighted by molar-refractivity contribution is 7.81. The van der Waals surface area contributed by atoms with Crippen LogP contribution in [0.15, 0.2) is 0 Å². The quantitative estimate of drug-likeness (QED) is 0.184. The van der Waals surface area contributed by atoms with Gasteiger partial charge in [0.1, 0.15) is 5.41 Å². The predicted octanol–water partition coefficient (Wildman–Crippen LogP) is 5.57. The summed E-state index contributed by atoms with van der Waals surface area (Å²) in [6, 6.07) is 0. The molecule has 7 nitrogen and oxygen atoms in total. The average molecular weight is 453 g/mol. The number of carbonyl (C=O) groups is 1. The third-order valence-corrected chi connectivity index (χ3v) is 6.93. The molecule has 0 aromatic rings. The number of carboxylic acid groups (broad SMARTS) is 1. The number of aliphatic hydroxyl groups is 1. The first-order chi connectivity index (χ1) is 14.0. The van der Waals surface area contributed by atoms with Crippen LogP contribution in [0.3, 0.4) is 0 Å². The third kappa shape index (κ3) is 11.6. The molecule has 0 rings (SSSR count). The number of hydrogen-bond acceptors (Lipinski definition) is 6. The molecule has 0 aliphatic carbocycles. The third-order valence-electron chi connectivity index (χ3n) is 5.99. The second-order valence-electron chi connectivity index (χ2n) is 8.62. The van der Waals surface area contributed by atoms with Gasteiger partial charge in [0, 0.05) is 0 Å². The summed E-state index contributed by atoms with van der Waals surface area (Å²) in [5.41, 5.74) is -1.77. The second kappa shape index (κ2) is 15.2. The van der Waals surface area contributed by atoms with Crippen LogP contribution in [0, 0.1) is 5.41 Å². The van der Waals surface area contributed by atoms with Crippen LogP contribution in [0.4, 0.5) is 0 Å². The summed E-state index contributed by atoms with van der Waals surface area (Å²) < 4.78 is 31.7. The van der Waals surface area contributed by atoms with Crippen LogP contribution in [-0.2, 0) is 23.6 Å². The van der Waals surface area contributed by atoms with E-state index >= 15 is 0 Å². The summed E-state index contributed by atoms with van der Waals surface area (Å²) in [6.07, 6.45) is 16.6. The smallest absolute Gasteiger partial charge is 0.402 e. The summed E-state index contributed by atoms with van der Waals surface area (Å²) in [4.78, 5) is 11.7. The highest BCUT2D eigenvalue weighted by atomic mass is 32.3. The van der Waals surface area contributed by atoms with Crippen LogP contribution in [0.5, 0.6) is 0 Å². The van der Waals surface area contributed by atoms with Crippen LogP contribution in [0.25, 0.3) is 0 Å². The Morgan fingerprint density at radius 1 is 0.800 bits per heavy atom. The Kier molecular flexibility index (Phi) is 14.8. The molecular formula is C22H44O7S. The largest absolute Gasteiger partial charge is 0.481 e. The van der Waals surface area contributed by atoms with Gasteiger partial charge in [-0.2, -0.15) is 8.42 Å². The van der Waals surface area contributed by atoms with Crippen molar-refractivity contribution in [3.63, 3.8) is 0 Å². The van der Waals surface area contributed by atoms with Crippen LogP contribution < -0.4 is 0 Å². The first-order valence-corrected chi connectivity index (χ1v) is 12.8. The molecule has 0 heterocycles. The van der Waals surface area contributed by atoms with Crippen molar-refractivity contribution in [2.45, 2.75) is 123 Å². The Labute approximate surface area is 183 Å². The molecule has 0 saturated heterocycles. The maximum Gasteiger partial charge on any atom is 0.402 e. The minimum atomic E-state index is -4.47. The molecule has 0 radical (unpaired) electrons. The fraction of sp³-hybridized carbons (Fsp3) is 0.955. The van der Waals surface area contributed by atoms with Gasteiger partial charge >= 0.3 is 16.4 Å². The van der Waals surface area contributed by atoms with Crippen molar-refractivity contribution in [2.75, 3.05) is 7.11 Å². The SMILES string of the molecule is CCCCCCCCCCCCCCCCC(C)(C(=O)O)C(C)(O)OS(=O)(=O)OC. The number of aliphatic carboxylic acids is 1.